The number of carboxylic acids is 1. The van der Waals surface area contributed by atoms with Crippen LogP contribution in [0.1, 0.15) is 46.7 Å². The zero-order valence-corrected chi connectivity index (χ0v) is 36.9. The first kappa shape index (κ1) is 44.8. The quantitative estimate of drug-likeness (QED) is 0.0737. The second-order valence-electron chi connectivity index (χ2n) is 14.2. The fourth-order valence-electron chi connectivity index (χ4n) is 7.09. The van der Waals surface area contributed by atoms with E-state index in [1.165, 1.54) is 22.7 Å². The van der Waals surface area contributed by atoms with Crippen LogP contribution >= 0.6 is 45.3 Å². The van der Waals surface area contributed by atoms with Crippen LogP contribution in [0.3, 0.4) is 0 Å². The molecule has 0 saturated carbocycles. The standard InChI is InChI=1S/C21H23N5O2S2.C13H20N4O.C8H5NO2S2/c1-23-21(20(22)28)8-10-26(11-9-21)16-6-3-2-5-14(16)24-18(27)15-13-30-19(25-15)17-7-4-12-29-17;1-16-13(12(15)18)6-8-17(9-7-13)11-5-3-2-4-10(11)14;10-8(11)5-4-13-7(9-5)6-2-1-3-12-6/h2-7,12-13,23H,8-11H2,1H3,(H2,22,28)(H,24,27);2-5,16H,6-9,14H2,1H3,(H2,15,18);1-4H,(H,10,11). The van der Waals surface area contributed by atoms with Crippen LogP contribution < -0.4 is 43.0 Å². The molecule has 6 aromatic rings. The number of thiazole rings is 2. The molecular weight excluding hydrogens is 853 g/mol. The molecule has 6 heterocycles. The number of primary amides is 2. The highest BCUT2D eigenvalue weighted by molar-refractivity contribution is 7.20. The van der Waals surface area contributed by atoms with Gasteiger partial charge in [0.2, 0.25) is 11.8 Å². The number of thiophene rings is 2. The minimum atomic E-state index is -0.973. The first-order valence-corrected chi connectivity index (χ1v) is 22.8. The summed E-state index contributed by atoms with van der Waals surface area (Å²) in [6, 6.07) is 23.3. The molecule has 2 aromatic carbocycles. The van der Waals surface area contributed by atoms with Crippen molar-refractivity contribution < 1.29 is 24.3 Å². The van der Waals surface area contributed by atoms with E-state index in [2.05, 4.69) is 35.7 Å². The summed E-state index contributed by atoms with van der Waals surface area (Å²) in [7, 11) is 3.56. The SMILES string of the molecule is CNC1(C(N)=O)CCN(c2ccccc2N)CC1.CNC1(C(N)=O)CCN(c2ccccc2NC(=O)c2csc(-c3cccs3)n2)CC1.O=C(O)c1csc(-c2cccs2)n1. The third kappa shape index (κ3) is 10.6. The van der Waals surface area contributed by atoms with Crippen LogP contribution in [-0.2, 0) is 9.59 Å². The predicted octanol–water partition coefficient (Wildman–Crippen LogP) is 6.05. The molecule has 2 fully saturated rings. The van der Waals surface area contributed by atoms with Gasteiger partial charge in [0.15, 0.2) is 5.69 Å². The number of carbonyl (C=O) groups excluding carboxylic acids is 3. The topological polar surface area (TPSA) is 235 Å². The Morgan fingerprint density at radius 1 is 0.639 bits per heavy atom. The molecule has 61 heavy (non-hydrogen) atoms. The van der Waals surface area contributed by atoms with Crippen LogP contribution in [-0.4, -0.2) is 90.1 Å². The van der Waals surface area contributed by atoms with Gasteiger partial charge in [-0.05, 0) is 86.9 Å². The Hall–Kier alpha value is -5.70. The molecule has 320 valence electrons. The number of carbonyl (C=O) groups is 4. The monoisotopic (exact) mass is 900 g/mol. The zero-order valence-electron chi connectivity index (χ0n) is 33.6. The number of aromatic carboxylic acids is 1. The van der Waals surface area contributed by atoms with Gasteiger partial charge in [-0.25, -0.2) is 14.8 Å². The van der Waals surface area contributed by atoms with Crippen molar-refractivity contribution in [1.82, 2.24) is 20.6 Å². The van der Waals surface area contributed by atoms with Gasteiger partial charge in [0.1, 0.15) is 26.8 Å². The number of nitrogens with two attached hydrogens (primary N) is 3. The molecule has 2 aliphatic heterocycles. The van der Waals surface area contributed by atoms with Crippen molar-refractivity contribution in [3.05, 3.63) is 106 Å². The van der Waals surface area contributed by atoms with Gasteiger partial charge in [-0.2, -0.15) is 0 Å². The Balaban J connectivity index is 0.000000170. The van der Waals surface area contributed by atoms with E-state index < -0.39 is 17.0 Å². The van der Waals surface area contributed by atoms with Crippen LogP contribution in [0.2, 0.25) is 0 Å². The summed E-state index contributed by atoms with van der Waals surface area (Å²) in [6.07, 6.45) is 2.62. The number of rotatable bonds is 11. The molecule has 0 aliphatic carbocycles. The van der Waals surface area contributed by atoms with Gasteiger partial charge >= 0.3 is 5.97 Å². The molecular formula is C42H48N10O5S4. The first-order chi connectivity index (χ1) is 29.4. The highest BCUT2D eigenvalue weighted by Crippen LogP contribution is 2.34. The molecule has 0 atom stereocenters. The van der Waals surface area contributed by atoms with Crippen LogP contribution in [0, 0.1) is 0 Å². The molecule has 3 amide bonds. The summed E-state index contributed by atoms with van der Waals surface area (Å²) in [5.41, 5.74) is 19.8. The first-order valence-electron chi connectivity index (χ1n) is 19.3. The van der Waals surface area contributed by atoms with Gasteiger partial charge in [0.25, 0.3) is 5.91 Å². The van der Waals surface area contributed by atoms with Crippen molar-refractivity contribution in [1.29, 1.82) is 0 Å². The summed E-state index contributed by atoms with van der Waals surface area (Å²) < 4.78 is 0. The molecule has 0 radical (unpaired) electrons. The van der Waals surface area contributed by atoms with Crippen molar-refractivity contribution in [2.45, 2.75) is 36.8 Å². The Kier molecular flexibility index (Phi) is 14.9. The van der Waals surface area contributed by atoms with Crippen LogP contribution in [0.15, 0.2) is 94.3 Å². The zero-order chi connectivity index (χ0) is 43.6. The summed E-state index contributed by atoms with van der Waals surface area (Å²) >= 11 is 5.97. The molecule has 19 heteroatoms. The lowest BCUT2D eigenvalue weighted by Gasteiger charge is -2.41. The number of para-hydroxylation sites is 4. The highest BCUT2D eigenvalue weighted by atomic mass is 32.1. The largest absolute Gasteiger partial charge is 0.476 e. The fraction of sp³-hybridized carbons (Fsp3) is 0.286. The van der Waals surface area contributed by atoms with Gasteiger partial charge in [-0.15, -0.1) is 45.3 Å². The van der Waals surface area contributed by atoms with E-state index >= 15 is 0 Å². The van der Waals surface area contributed by atoms with Crippen LogP contribution in [0.5, 0.6) is 0 Å². The Morgan fingerprint density at radius 2 is 1.10 bits per heavy atom. The van der Waals surface area contributed by atoms with E-state index in [0.717, 1.165) is 55.6 Å². The lowest BCUT2D eigenvalue weighted by atomic mass is 9.86. The number of benzene rings is 2. The number of hydrogen-bond acceptors (Lipinski definition) is 15. The van der Waals surface area contributed by atoms with E-state index in [1.54, 1.807) is 47.5 Å². The lowest BCUT2D eigenvalue weighted by Crippen LogP contribution is -2.59. The number of anilines is 4. The van der Waals surface area contributed by atoms with Gasteiger partial charge in [-0.3, -0.25) is 14.4 Å². The molecule has 0 spiro atoms. The number of carboxylic acid groups (broad SMARTS) is 1. The number of likely N-dealkylation sites (N-methyl/N-ethyl adjacent to an activating group) is 2. The highest BCUT2D eigenvalue weighted by Gasteiger charge is 2.40. The average molecular weight is 901 g/mol. The van der Waals surface area contributed by atoms with E-state index in [0.29, 0.717) is 44.5 Å². The van der Waals surface area contributed by atoms with Crippen molar-refractivity contribution in [2.24, 2.45) is 11.5 Å². The maximum atomic E-state index is 12.8. The molecule has 10 N–H and O–H groups in total. The Morgan fingerprint density at radius 3 is 1.54 bits per heavy atom. The van der Waals surface area contributed by atoms with E-state index in [-0.39, 0.29) is 23.4 Å². The van der Waals surface area contributed by atoms with Gasteiger partial charge in [0, 0.05) is 36.9 Å². The van der Waals surface area contributed by atoms with E-state index in [1.807, 2.05) is 83.6 Å². The van der Waals surface area contributed by atoms with Crippen molar-refractivity contribution >= 4 is 91.8 Å². The minimum absolute atomic E-state index is 0.119. The lowest BCUT2D eigenvalue weighted by molar-refractivity contribution is -0.125. The van der Waals surface area contributed by atoms with Crippen LogP contribution in [0.4, 0.5) is 22.7 Å². The predicted molar refractivity (Wildman–Crippen MR) is 248 cm³/mol. The van der Waals surface area contributed by atoms with E-state index in [4.69, 9.17) is 22.3 Å². The molecule has 15 nitrogen and oxygen atoms in total. The Bertz CT molecular complexity index is 2400. The van der Waals surface area contributed by atoms with Gasteiger partial charge in [0.05, 0.1) is 32.5 Å². The molecule has 0 bridgehead atoms. The molecule has 8 rings (SSSR count). The molecule has 2 saturated heterocycles. The van der Waals surface area contributed by atoms with Gasteiger partial charge < -0.3 is 48.1 Å². The smallest absolute Gasteiger partial charge is 0.355 e. The second kappa shape index (κ2) is 20.2. The number of nitrogen functional groups attached to an aromatic ring is 1. The minimum Gasteiger partial charge on any atom is -0.476 e. The average Bonchev–Trinajstić information content (AvgIpc) is 4.13. The number of aromatic nitrogens is 2. The van der Waals surface area contributed by atoms with Crippen molar-refractivity contribution in [2.75, 3.05) is 61.1 Å². The molecule has 2 aliphatic rings. The maximum Gasteiger partial charge on any atom is 0.355 e. The summed E-state index contributed by atoms with van der Waals surface area (Å²) in [6.45, 7) is 2.88. The summed E-state index contributed by atoms with van der Waals surface area (Å²) in [4.78, 5) is 61.7. The summed E-state index contributed by atoms with van der Waals surface area (Å²) in [5.74, 6) is -1.80. The third-order valence-electron chi connectivity index (χ3n) is 10.8. The van der Waals surface area contributed by atoms with Gasteiger partial charge in [-0.1, -0.05) is 36.4 Å². The maximum absolute atomic E-state index is 12.8. The number of hydrogen-bond donors (Lipinski definition) is 7. The summed E-state index contributed by atoms with van der Waals surface area (Å²) in [5, 5.41) is 26.7. The number of nitrogens with one attached hydrogen (secondary N) is 3. The van der Waals surface area contributed by atoms with Crippen molar-refractivity contribution in [3.63, 3.8) is 0 Å². The number of amides is 3. The Labute approximate surface area is 369 Å². The van der Waals surface area contributed by atoms with E-state index in [9.17, 15) is 19.2 Å². The number of piperidine rings is 2. The molecule has 4 aromatic heterocycles. The number of nitrogens with zero attached hydrogens (tertiary/aromatic N) is 4. The molecule has 0 unspecified atom stereocenters. The van der Waals surface area contributed by atoms with Crippen molar-refractivity contribution in [3.8, 4) is 19.8 Å². The fourth-order valence-corrected chi connectivity index (χ4v) is 10.3. The van der Waals surface area contributed by atoms with Crippen LogP contribution in [0.25, 0.3) is 19.8 Å². The normalized spacial score (nSPS) is 15.4. The second-order valence-corrected chi connectivity index (χ2v) is 17.8. The third-order valence-corrected chi connectivity index (χ3v) is 14.6.